The second kappa shape index (κ2) is 7.57. The smallest absolute Gasteiger partial charge is 0.412 e. The number of methoxy groups -OCH3 is 1. The molecule has 0 unspecified atom stereocenters. The third-order valence-corrected chi connectivity index (χ3v) is 3.04. The first-order chi connectivity index (χ1) is 10.5. The van der Waals surface area contributed by atoms with Gasteiger partial charge in [-0.2, -0.15) is 0 Å². The number of rotatable bonds is 5. The summed E-state index contributed by atoms with van der Waals surface area (Å²) in [6.07, 6.45) is 0.567. The van der Waals surface area contributed by atoms with Crippen LogP contribution in [0.4, 0.5) is 16.2 Å². The quantitative estimate of drug-likeness (QED) is 0.810. The van der Waals surface area contributed by atoms with E-state index in [0.29, 0.717) is 11.4 Å². The Bertz CT molecular complexity index is 528. The van der Waals surface area contributed by atoms with Crippen LogP contribution in [0.2, 0.25) is 0 Å². The Kier molecular flexibility index (Phi) is 6.30. The number of nitrogens with one attached hydrogen (secondary N) is 2. The summed E-state index contributed by atoms with van der Waals surface area (Å²) in [5.74, 6) is 0.594. The van der Waals surface area contributed by atoms with Gasteiger partial charge in [0.05, 0.1) is 12.8 Å². The van der Waals surface area contributed by atoms with Gasteiger partial charge in [-0.1, -0.05) is 20.8 Å². The molecule has 0 aromatic heterocycles. The van der Waals surface area contributed by atoms with Gasteiger partial charge in [-0.25, -0.2) is 4.79 Å². The molecule has 0 aliphatic rings. The zero-order valence-electron chi connectivity index (χ0n) is 15.4. The number of carbonyl (C=O) groups is 1. The predicted octanol–water partition coefficient (Wildman–Crippen LogP) is 4.89. The Hall–Kier alpha value is -1.91. The van der Waals surface area contributed by atoms with Crippen LogP contribution < -0.4 is 15.4 Å². The molecule has 1 aromatic rings. The van der Waals surface area contributed by atoms with Gasteiger partial charge >= 0.3 is 6.09 Å². The van der Waals surface area contributed by atoms with Crippen LogP contribution in [0.5, 0.6) is 5.75 Å². The Morgan fingerprint density at radius 3 is 2.30 bits per heavy atom. The molecule has 130 valence electrons. The minimum absolute atomic E-state index is 0.287. The second-order valence-electron chi connectivity index (χ2n) is 7.78. The molecule has 0 fully saturated rings. The van der Waals surface area contributed by atoms with E-state index in [1.807, 2.05) is 39.0 Å². The molecule has 0 bridgehead atoms. The monoisotopic (exact) mass is 322 g/mol. The van der Waals surface area contributed by atoms with E-state index in [1.54, 1.807) is 7.11 Å². The summed E-state index contributed by atoms with van der Waals surface area (Å²) >= 11 is 0. The van der Waals surface area contributed by atoms with E-state index >= 15 is 0 Å². The summed E-state index contributed by atoms with van der Waals surface area (Å²) in [6, 6.07) is 5.59. The number of ether oxygens (including phenoxy) is 2. The highest BCUT2D eigenvalue weighted by Crippen LogP contribution is 2.29. The summed E-state index contributed by atoms with van der Waals surface area (Å²) < 4.78 is 10.6. The molecule has 0 atom stereocenters. The third-order valence-electron chi connectivity index (χ3n) is 3.04. The average Bonchev–Trinajstić information content (AvgIpc) is 2.36. The lowest BCUT2D eigenvalue weighted by Gasteiger charge is -2.21. The molecule has 1 amide bonds. The Labute approximate surface area is 139 Å². The summed E-state index contributed by atoms with van der Waals surface area (Å²) in [6.45, 7) is 13.0. The van der Waals surface area contributed by atoms with Crippen molar-refractivity contribution in [3.63, 3.8) is 0 Å². The second-order valence-corrected chi connectivity index (χ2v) is 7.78. The first kappa shape index (κ1) is 19.1. The molecule has 0 heterocycles. The molecule has 1 aromatic carbocycles. The Morgan fingerprint density at radius 2 is 1.78 bits per heavy atom. The first-order valence-corrected chi connectivity index (χ1v) is 7.92. The van der Waals surface area contributed by atoms with Gasteiger partial charge in [0.2, 0.25) is 0 Å². The number of benzene rings is 1. The minimum Gasteiger partial charge on any atom is -0.494 e. The van der Waals surface area contributed by atoms with Crippen molar-refractivity contribution in [2.45, 2.75) is 53.6 Å². The van der Waals surface area contributed by atoms with E-state index in [4.69, 9.17) is 9.47 Å². The molecule has 0 aliphatic heterocycles. The maximum atomic E-state index is 11.9. The average molecular weight is 322 g/mol. The first-order valence-electron chi connectivity index (χ1n) is 7.92. The molecule has 0 aliphatic carbocycles. The van der Waals surface area contributed by atoms with E-state index in [1.165, 1.54) is 0 Å². The lowest BCUT2D eigenvalue weighted by Crippen LogP contribution is -2.27. The fourth-order valence-electron chi connectivity index (χ4n) is 1.90. The summed E-state index contributed by atoms with van der Waals surface area (Å²) in [7, 11) is 1.58. The summed E-state index contributed by atoms with van der Waals surface area (Å²) in [5.41, 5.74) is 1.30. The van der Waals surface area contributed by atoms with Crippen molar-refractivity contribution < 1.29 is 14.3 Å². The van der Waals surface area contributed by atoms with E-state index in [0.717, 1.165) is 18.7 Å². The van der Waals surface area contributed by atoms with Crippen LogP contribution in [-0.4, -0.2) is 25.3 Å². The van der Waals surface area contributed by atoms with Crippen LogP contribution in [0, 0.1) is 5.41 Å². The molecule has 0 spiro atoms. The van der Waals surface area contributed by atoms with Gasteiger partial charge in [-0.05, 0) is 44.7 Å². The highest BCUT2D eigenvalue weighted by molar-refractivity contribution is 5.87. The number of amides is 1. The van der Waals surface area contributed by atoms with Crippen LogP contribution in [0.25, 0.3) is 0 Å². The Morgan fingerprint density at radius 1 is 1.13 bits per heavy atom. The number of hydrogen-bond acceptors (Lipinski definition) is 4. The van der Waals surface area contributed by atoms with Crippen molar-refractivity contribution >= 4 is 17.5 Å². The van der Waals surface area contributed by atoms with Crippen molar-refractivity contribution in [1.29, 1.82) is 0 Å². The largest absolute Gasteiger partial charge is 0.494 e. The fraction of sp³-hybridized carbons (Fsp3) is 0.611. The summed E-state index contributed by atoms with van der Waals surface area (Å²) in [5, 5.41) is 6.08. The lowest BCUT2D eigenvalue weighted by atomic mass is 9.92. The zero-order valence-corrected chi connectivity index (χ0v) is 15.4. The predicted molar refractivity (Wildman–Crippen MR) is 95.4 cm³/mol. The third kappa shape index (κ3) is 7.77. The van der Waals surface area contributed by atoms with Crippen LogP contribution >= 0.6 is 0 Å². The maximum Gasteiger partial charge on any atom is 0.412 e. The van der Waals surface area contributed by atoms with Crippen molar-refractivity contribution in [1.82, 2.24) is 0 Å². The molecule has 0 saturated heterocycles. The highest BCUT2D eigenvalue weighted by Gasteiger charge is 2.17. The van der Waals surface area contributed by atoms with Crippen LogP contribution in [0.15, 0.2) is 18.2 Å². The van der Waals surface area contributed by atoms with Gasteiger partial charge in [-0.3, -0.25) is 5.32 Å². The fourth-order valence-corrected chi connectivity index (χ4v) is 1.90. The van der Waals surface area contributed by atoms with Crippen LogP contribution in [-0.2, 0) is 4.74 Å². The number of anilines is 2. The molecule has 0 saturated carbocycles. The normalized spacial score (nSPS) is 11.8. The van der Waals surface area contributed by atoms with E-state index in [2.05, 4.69) is 31.4 Å². The summed E-state index contributed by atoms with van der Waals surface area (Å²) in [4.78, 5) is 11.9. The van der Waals surface area contributed by atoms with Gasteiger partial charge < -0.3 is 14.8 Å². The standard InChI is InChI=1S/C18H30N2O3/c1-17(2,3)10-11-19-13-8-9-14(15(12-13)22-7)20-16(21)23-18(4,5)6/h8-9,12,19H,10-11H2,1-7H3,(H,20,21). The van der Waals surface area contributed by atoms with Crippen molar-refractivity contribution in [3.8, 4) is 5.75 Å². The van der Waals surface area contributed by atoms with Gasteiger partial charge in [0.25, 0.3) is 0 Å². The lowest BCUT2D eigenvalue weighted by molar-refractivity contribution is 0.0635. The molecule has 1 rings (SSSR count). The van der Waals surface area contributed by atoms with Gasteiger partial charge in [0, 0.05) is 18.3 Å². The molecule has 5 heteroatoms. The van der Waals surface area contributed by atoms with Crippen LogP contribution in [0.3, 0.4) is 0 Å². The topological polar surface area (TPSA) is 59.6 Å². The molecular weight excluding hydrogens is 292 g/mol. The van der Waals surface area contributed by atoms with Crippen molar-refractivity contribution in [3.05, 3.63) is 18.2 Å². The van der Waals surface area contributed by atoms with Gasteiger partial charge in [-0.15, -0.1) is 0 Å². The molecular formula is C18H30N2O3. The van der Waals surface area contributed by atoms with Gasteiger partial charge in [0.15, 0.2) is 0 Å². The van der Waals surface area contributed by atoms with E-state index in [9.17, 15) is 4.79 Å². The molecule has 2 N–H and O–H groups in total. The van der Waals surface area contributed by atoms with E-state index < -0.39 is 11.7 Å². The number of carbonyl (C=O) groups excluding carboxylic acids is 1. The van der Waals surface area contributed by atoms with Gasteiger partial charge in [0.1, 0.15) is 11.4 Å². The van der Waals surface area contributed by atoms with Crippen LogP contribution in [0.1, 0.15) is 48.0 Å². The zero-order chi connectivity index (χ0) is 17.7. The number of hydrogen-bond donors (Lipinski definition) is 2. The Balaban J connectivity index is 2.71. The molecule has 23 heavy (non-hydrogen) atoms. The molecule has 0 radical (unpaired) electrons. The highest BCUT2D eigenvalue weighted by atomic mass is 16.6. The minimum atomic E-state index is -0.536. The van der Waals surface area contributed by atoms with Crippen molar-refractivity contribution in [2.75, 3.05) is 24.3 Å². The maximum absolute atomic E-state index is 11.9. The van der Waals surface area contributed by atoms with Crippen molar-refractivity contribution in [2.24, 2.45) is 5.41 Å². The molecule has 5 nitrogen and oxygen atoms in total. The SMILES string of the molecule is COc1cc(NCCC(C)(C)C)ccc1NC(=O)OC(C)(C)C. The van der Waals surface area contributed by atoms with E-state index in [-0.39, 0.29) is 5.41 Å².